The number of amides is 4. The number of carboxylic acid groups (broad SMARTS) is 1. The van der Waals surface area contributed by atoms with E-state index < -0.39 is 54.3 Å². The number of fused-ring (bicyclic) bond motifs is 1. The molecule has 0 aliphatic rings. The Morgan fingerprint density at radius 1 is 1.03 bits per heavy atom. The molecule has 0 saturated carbocycles. The Morgan fingerprint density at radius 2 is 1.72 bits per heavy atom. The molecule has 2 rings (SSSR count). The molecular formula is C23H32N6O6S. The third kappa shape index (κ3) is 8.89. The molecule has 0 aliphatic heterocycles. The molecule has 0 spiro atoms. The van der Waals surface area contributed by atoms with Crippen molar-refractivity contribution >= 4 is 52.3 Å². The zero-order valence-corrected chi connectivity index (χ0v) is 20.7. The van der Waals surface area contributed by atoms with E-state index in [1.165, 1.54) is 11.8 Å². The van der Waals surface area contributed by atoms with Crippen LogP contribution in [0.5, 0.6) is 0 Å². The van der Waals surface area contributed by atoms with Gasteiger partial charge in [-0.15, -0.1) is 0 Å². The second-order valence-electron chi connectivity index (χ2n) is 8.19. The van der Waals surface area contributed by atoms with Gasteiger partial charge in [0, 0.05) is 29.9 Å². The topological polar surface area (TPSA) is 209 Å². The van der Waals surface area contributed by atoms with Crippen molar-refractivity contribution < 1.29 is 29.1 Å². The summed E-state index contributed by atoms with van der Waals surface area (Å²) in [5.41, 5.74) is 12.5. The summed E-state index contributed by atoms with van der Waals surface area (Å²) in [5.74, 6) is -3.20. The van der Waals surface area contributed by atoms with Crippen LogP contribution in [0.3, 0.4) is 0 Å². The van der Waals surface area contributed by atoms with E-state index in [2.05, 4.69) is 20.9 Å². The zero-order chi connectivity index (χ0) is 26.7. The number of carbonyl (C=O) groups excluding carboxylic acids is 4. The number of aromatic amines is 1. The molecule has 0 bridgehead atoms. The molecule has 12 nitrogen and oxygen atoms in total. The summed E-state index contributed by atoms with van der Waals surface area (Å²) >= 11 is 1.47. The maximum absolute atomic E-state index is 13.2. The lowest BCUT2D eigenvalue weighted by atomic mass is 10.0. The summed E-state index contributed by atoms with van der Waals surface area (Å²) in [6.07, 6.45) is 3.86. The number of thioether (sulfide) groups is 1. The van der Waals surface area contributed by atoms with E-state index in [0.717, 1.165) is 16.5 Å². The Hall–Kier alpha value is -3.58. The third-order valence-electron chi connectivity index (χ3n) is 5.43. The first-order valence-electron chi connectivity index (χ1n) is 11.3. The van der Waals surface area contributed by atoms with Crippen molar-refractivity contribution in [3.63, 3.8) is 0 Å². The third-order valence-corrected chi connectivity index (χ3v) is 6.07. The zero-order valence-electron chi connectivity index (χ0n) is 19.9. The maximum Gasteiger partial charge on any atom is 0.322 e. The summed E-state index contributed by atoms with van der Waals surface area (Å²) in [4.78, 5) is 63.5. The first-order chi connectivity index (χ1) is 17.1. The molecule has 4 amide bonds. The lowest BCUT2D eigenvalue weighted by Crippen LogP contribution is -2.56. The van der Waals surface area contributed by atoms with Crippen LogP contribution in [-0.4, -0.2) is 76.4 Å². The number of primary amides is 1. The van der Waals surface area contributed by atoms with Crippen molar-refractivity contribution in [3.8, 4) is 0 Å². The average Bonchev–Trinajstić information content (AvgIpc) is 3.25. The molecule has 1 aromatic heterocycles. The quantitative estimate of drug-likeness (QED) is 0.158. The number of aliphatic carboxylic acids is 1. The van der Waals surface area contributed by atoms with Crippen LogP contribution in [0.2, 0.25) is 0 Å². The Kier molecular flexibility index (Phi) is 11.2. The van der Waals surface area contributed by atoms with Crippen LogP contribution < -0.4 is 27.4 Å². The minimum absolute atomic E-state index is 0.0266. The number of rotatable bonds is 15. The minimum Gasteiger partial charge on any atom is -0.480 e. The normalized spacial score (nSPS) is 13.4. The van der Waals surface area contributed by atoms with E-state index in [1.807, 2.05) is 30.5 Å². The van der Waals surface area contributed by atoms with Gasteiger partial charge in [0.1, 0.15) is 18.6 Å². The Balaban J connectivity index is 2.19. The van der Waals surface area contributed by atoms with Crippen LogP contribution in [0.25, 0.3) is 10.9 Å². The van der Waals surface area contributed by atoms with E-state index in [4.69, 9.17) is 16.6 Å². The molecule has 3 atom stereocenters. The van der Waals surface area contributed by atoms with Crippen molar-refractivity contribution in [1.29, 1.82) is 0 Å². The first-order valence-corrected chi connectivity index (χ1v) is 12.7. The van der Waals surface area contributed by atoms with Crippen molar-refractivity contribution in [2.45, 2.75) is 43.8 Å². The summed E-state index contributed by atoms with van der Waals surface area (Å²) in [7, 11) is 0. The Labute approximate surface area is 212 Å². The van der Waals surface area contributed by atoms with Gasteiger partial charge < -0.3 is 37.5 Å². The number of H-pyrrole nitrogens is 1. The van der Waals surface area contributed by atoms with Crippen LogP contribution in [0.4, 0.5) is 0 Å². The summed E-state index contributed by atoms with van der Waals surface area (Å²) in [6.45, 7) is -0.611. The fourth-order valence-electron chi connectivity index (χ4n) is 3.50. The molecule has 0 aliphatic carbocycles. The Bertz CT molecular complexity index is 1090. The number of carboxylic acids is 1. The number of nitrogens with two attached hydrogens (primary N) is 2. The van der Waals surface area contributed by atoms with Gasteiger partial charge in [-0.3, -0.25) is 24.0 Å². The predicted molar refractivity (Wildman–Crippen MR) is 136 cm³/mol. The van der Waals surface area contributed by atoms with E-state index >= 15 is 0 Å². The molecule has 36 heavy (non-hydrogen) atoms. The molecule has 0 saturated heterocycles. The molecule has 13 heteroatoms. The molecule has 3 unspecified atom stereocenters. The van der Waals surface area contributed by atoms with Gasteiger partial charge in [-0.05, 0) is 36.5 Å². The van der Waals surface area contributed by atoms with Gasteiger partial charge in [-0.2, -0.15) is 11.8 Å². The van der Waals surface area contributed by atoms with Gasteiger partial charge in [-0.1, -0.05) is 18.2 Å². The van der Waals surface area contributed by atoms with Crippen molar-refractivity contribution in [1.82, 2.24) is 20.9 Å². The highest BCUT2D eigenvalue weighted by Crippen LogP contribution is 2.19. The minimum atomic E-state index is -1.23. The fourth-order valence-corrected chi connectivity index (χ4v) is 3.97. The molecule has 1 heterocycles. The molecular weight excluding hydrogens is 488 g/mol. The summed E-state index contributed by atoms with van der Waals surface area (Å²) < 4.78 is 0. The number of aromatic nitrogens is 1. The molecule has 2 aromatic rings. The average molecular weight is 521 g/mol. The number of benzene rings is 1. The summed E-state index contributed by atoms with van der Waals surface area (Å²) in [6, 6.07) is 4.29. The van der Waals surface area contributed by atoms with Crippen molar-refractivity contribution in [2.24, 2.45) is 11.5 Å². The second kappa shape index (κ2) is 14.1. The van der Waals surface area contributed by atoms with Crippen molar-refractivity contribution in [3.05, 3.63) is 36.0 Å². The highest BCUT2D eigenvalue weighted by molar-refractivity contribution is 7.98. The number of nitrogens with one attached hydrogen (secondary N) is 4. The lowest BCUT2D eigenvalue weighted by Gasteiger charge is -2.24. The van der Waals surface area contributed by atoms with E-state index in [-0.39, 0.29) is 25.7 Å². The SMILES string of the molecule is CSCCC(NC(=O)C(N)CCC(N)=O)C(=O)NC(Cc1c[nH]c2ccccc12)C(=O)NCC(=O)O. The number of hydrogen-bond donors (Lipinski definition) is 7. The monoisotopic (exact) mass is 520 g/mol. The second-order valence-corrected chi connectivity index (χ2v) is 9.18. The molecule has 0 radical (unpaired) electrons. The lowest BCUT2D eigenvalue weighted by molar-refractivity contribution is -0.138. The van der Waals surface area contributed by atoms with E-state index in [9.17, 15) is 24.0 Å². The van der Waals surface area contributed by atoms with Crippen LogP contribution in [0.15, 0.2) is 30.5 Å². The van der Waals surface area contributed by atoms with Crippen LogP contribution in [0, 0.1) is 0 Å². The van der Waals surface area contributed by atoms with Gasteiger partial charge in [0.2, 0.25) is 23.6 Å². The van der Waals surface area contributed by atoms with Crippen LogP contribution in [0.1, 0.15) is 24.8 Å². The fraction of sp³-hybridized carbons (Fsp3) is 0.435. The molecule has 196 valence electrons. The highest BCUT2D eigenvalue weighted by atomic mass is 32.2. The van der Waals surface area contributed by atoms with Gasteiger partial charge >= 0.3 is 5.97 Å². The molecule has 0 fully saturated rings. The largest absolute Gasteiger partial charge is 0.480 e. The molecule has 9 N–H and O–H groups in total. The van der Waals surface area contributed by atoms with Gasteiger partial charge in [0.25, 0.3) is 0 Å². The van der Waals surface area contributed by atoms with Gasteiger partial charge in [0.15, 0.2) is 0 Å². The number of carbonyl (C=O) groups is 5. The molecule has 1 aromatic carbocycles. The van der Waals surface area contributed by atoms with Crippen LogP contribution >= 0.6 is 11.8 Å². The van der Waals surface area contributed by atoms with E-state index in [0.29, 0.717) is 5.75 Å². The standard InChI is InChI=1S/C23H32N6O6S/c1-36-9-8-17(28-21(33)15(24)6-7-19(25)30)23(35)29-18(22(34)27-12-20(31)32)10-13-11-26-16-5-3-2-4-14(13)16/h2-5,11,15,17-18,26H,6-10,12,24H2,1H3,(H2,25,30)(H,27,34)(H,28,33)(H,29,35)(H,31,32). The maximum atomic E-state index is 13.2. The number of para-hydroxylation sites is 1. The predicted octanol–water partition coefficient (Wildman–Crippen LogP) is -0.773. The Morgan fingerprint density at radius 3 is 2.39 bits per heavy atom. The van der Waals surface area contributed by atoms with Crippen LogP contribution in [-0.2, 0) is 30.4 Å². The van der Waals surface area contributed by atoms with E-state index in [1.54, 1.807) is 6.20 Å². The summed E-state index contributed by atoms with van der Waals surface area (Å²) in [5, 5.41) is 17.3. The highest BCUT2D eigenvalue weighted by Gasteiger charge is 2.29. The smallest absolute Gasteiger partial charge is 0.322 e. The number of hydrogen-bond acceptors (Lipinski definition) is 7. The van der Waals surface area contributed by atoms with Gasteiger partial charge in [0.05, 0.1) is 6.04 Å². The first kappa shape index (κ1) is 28.7. The van der Waals surface area contributed by atoms with Crippen molar-refractivity contribution in [2.75, 3.05) is 18.6 Å². The van der Waals surface area contributed by atoms with Gasteiger partial charge in [-0.25, -0.2) is 0 Å².